The molecule has 20 heavy (non-hydrogen) atoms. The quantitative estimate of drug-likeness (QED) is 0.750. The molecule has 1 amide bonds. The van der Waals surface area contributed by atoms with Gasteiger partial charge in [0.05, 0.1) is 5.52 Å². The zero-order valence-electron chi connectivity index (χ0n) is 10.8. The number of aryl methyl sites for hydroxylation is 1. The van der Waals surface area contributed by atoms with E-state index in [1.165, 1.54) is 6.07 Å². The number of H-pyrrole nitrogens is 1. The smallest absolute Gasteiger partial charge is 0.276 e. The lowest BCUT2D eigenvalue weighted by Crippen LogP contribution is -2.13. The van der Waals surface area contributed by atoms with Crippen molar-refractivity contribution in [1.29, 1.82) is 0 Å². The average molecular weight is 269 g/mol. The molecule has 1 heterocycles. The largest absolute Gasteiger partial charge is 0.320 e. The average Bonchev–Trinajstić information content (AvgIpc) is 2.87. The minimum atomic E-state index is -0.370. The summed E-state index contributed by atoms with van der Waals surface area (Å²) >= 11 is 0. The van der Waals surface area contributed by atoms with Gasteiger partial charge in [0, 0.05) is 11.1 Å². The van der Waals surface area contributed by atoms with Gasteiger partial charge >= 0.3 is 0 Å². The molecule has 0 fully saturated rings. The van der Waals surface area contributed by atoms with E-state index in [2.05, 4.69) is 15.5 Å². The summed E-state index contributed by atoms with van der Waals surface area (Å²) in [6.45, 7) is 1.67. The number of rotatable bonds is 2. The molecule has 2 aromatic carbocycles. The number of amides is 1. The van der Waals surface area contributed by atoms with E-state index in [1.807, 2.05) is 24.3 Å². The highest BCUT2D eigenvalue weighted by molar-refractivity contribution is 6.11. The predicted molar refractivity (Wildman–Crippen MR) is 75.2 cm³/mol. The molecule has 4 nitrogen and oxygen atoms in total. The standard InChI is InChI=1S/C15H12FN3O/c1-9-6-7-10(8-12(9)16)17-15(20)14-11-4-2-3-5-13(11)18-19-14/h2-8H,1H3,(H,17,20)(H,18,19). The van der Waals surface area contributed by atoms with Crippen molar-refractivity contribution >= 4 is 22.5 Å². The van der Waals surface area contributed by atoms with Crippen molar-refractivity contribution in [3.8, 4) is 0 Å². The molecule has 0 unspecified atom stereocenters. The third-order valence-corrected chi connectivity index (χ3v) is 3.12. The van der Waals surface area contributed by atoms with E-state index in [4.69, 9.17) is 0 Å². The van der Waals surface area contributed by atoms with Gasteiger partial charge in [-0.25, -0.2) is 4.39 Å². The molecule has 0 radical (unpaired) electrons. The molecule has 0 saturated carbocycles. The number of hydrogen-bond acceptors (Lipinski definition) is 2. The van der Waals surface area contributed by atoms with Gasteiger partial charge in [0.15, 0.2) is 5.69 Å². The summed E-state index contributed by atoms with van der Waals surface area (Å²) in [6, 6.07) is 11.9. The predicted octanol–water partition coefficient (Wildman–Crippen LogP) is 3.26. The summed E-state index contributed by atoms with van der Waals surface area (Å²) in [4.78, 5) is 12.2. The monoisotopic (exact) mass is 269 g/mol. The van der Waals surface area contributed by atoms with Gasteiger partial charge in [0.1, 0.15) is 5.82 Å². The summed E-state index contributed by atoms with van der Waals surface area (Å²) in [5.74, 6) is -0.722. The zero-order chi connectivity index (χ0) is 14.1. The number of fused-ring (bicyclic) bond motifs is 1. The Labute approximate surface area is 114 Å². The summed E-state index contributed by atoms with van der Waals surface area (Å²) in [5.41, 5.74) is 2.02. The lowest BCUT2D eigenvalue weighted by Gasteiger charge is -2.04. The van der Waals surface area contributed by atoms with Crippen LogP contribution in [0, 0.1) is 12.7 Å². The summed E-state index contributed by atoms with van der Waals surface area (Å²) in [5, 5.41) is 10.2. The first-order valence-corrected chi connectivity index (χ1v) is 6.16. The molecule has 100 valence electrons. The fourth-order valence-electron chi connectivity index (χ4n) is 2.00. The molecule has 0 bridgehead atoms. The van der Waals surface area contributed by atoms with Crippen LogP contribution < -0.4 is 5.32 Å². The molecule has 0 saturated heterocycles. The fourth-order valence-corrected chi connectivity index (χ4v) is 2.00. The Morgan fingerprint density at radius 1 is 1.25 bits per heavy atom. The van der Waals surface area contributed by atoms with Crippen LogP contribution in [0.1, 0.15) is 16.1 Å². The number of hydrogen-bond donors (Lipinski definition) is 2. The lowest BCUT2D eigenvalue weighted by molar-refractivity contribution is 0.102. The second kappa shape index (κ2) is 4.77. The van der Waals surface area contributed by atoms with Gasteiger partial charge in [-0.1, -0.05) is 24.3 Å². The molecule has 0 atom stereocenters. The number of anilines is 1. The van der Waals surface area contributed by atoms with E-state index >= 15 is 0 Å². The first-order valence-electron chi connectivity index (χ1n) is 6.16. The maximum absolute atomic E-state index is 13.5. The fraction of sp³-hybridized carbons (Fsp3) is 0.0667. The van der Waals surface area contributed by atoms with Crippen molar-refractivity contribution in [1.82, 2.24) is 10.2 Å². The van der Waals surface area contributed by atoms with Crippen molar-refractivity contribution in [2.75, 3.05) is 5.32 Å². The Kier molecular flexibility index (Phi) is 2.95. The van der Waals surface area contributed by atoms with Gasteiger partial charge < -0.3 is 5.32 Å². The van der Waals surface area contributed by atoms with Crippen molar-refractivity contribution in [3.63, 3.8) is 0 Å². The molecule has 0 aliphatic heterocycles. The number of nitrogens with one attached hydrogen (secondary N) is 2. The number of benzene rings is 2. The third kappa shape index (κ3) is 2.14. The number of aromatic nitrogens is 2. The number of halogens is 1. The van der Waals surface area contributed by atoms with Crippen molar-refractivity contribution in [2.45, 2.75) is 6.92 Å². The molecule has 2 N–H and O–H groups in total. The van der Waals surface area contributed by atoms with Crippen LogP contribution in [0.5, 0.6) is 0 Å². The summed E-state index contributed by atoms with van der Waals surface area (Å²) in [7, 11) is 0. The van der Waals surface area contributed by atoms with Crippen LogP contribution in [0.3, 0.4) is 0 Å². The van der Waals surface area contributed by atoms with Crippen LogP contribution in [-0.2, 0) is 0 Å². The number of carbonyl (C=O) groups is 1. The van der Waals surface area contributed by atoms with E-state index < -0.39 is 0 Å². The van der Waals surface area contributed by atoms with Crippen LogP contribution in [0.15, 0.2) is 42.5 Å². The molecule has 0 aliphatic rings. The first kappa shape index (κ1) is 12.3. The van der Waals surface area contributed by atoms with Crippen molar-refractivity contribution in [2.24, 2.45) is 0 Å². The topological polar surface area (TPSA) is 57.8 Å². The van der Waals surface area contributed by atoms with Crippen LogP contribution in [0.2, 0.25) is 0 Å². The Morgan fingerprint density at radius 3 is 2.85 bits per heavy atom. The minimum Gasteiger partial charge on any atom is -0.320 e. The second-order valence-corrected chi connectivity index (χ2v) is 4.54. The van der Waals surface area contributed by atoms with Gasteiger partial charge in [-0.05, 0) is 30.7 Å². The first-order chi connectivity index (χ1) is 9.65. The van der Waals surface area contributed by atoms with Crippen molar-refractivity contribution < 1.29 is 9.18 Å². The minimum absolute atomic E-state index is 0.293. The SMILES string of the molecule is Cc1ccc(NC(=O)c2n[nH]c3ccccc23)cc1F. The van der Waals surface area contributed by atoms with E-state index in [1.54, 1.807) is 19.1 Å². The Balaban J connectivity index is 1.91. The van der Waals surface area contributed by atoms with Crippen molar-refractivity contribution in [3.05, 3.63) is 59.5 Å². The highest BCUT2D eigenvalue weighted by atomic mass is 19.1. The third-order valence-electron chi connectivity index (χ3n) is 3.12. The Morgan fingerprint density at radius 2 is 2.05 bits per heavy atom. The zero-order valence-corrected chi connectivity index (χ0v) is 10.8. The molecule has 5 heteroatoms. The molecule has 3 rings (SSSR count). The van der Waals surface area contributed by atoms with Gasteiger partial charge in [-0.3, -0.25) is 9.89 Å². The van der Waals surface area contributed by atoms with Crippen LogP contribution in [-0.4, -0.2) is 16.1 Å². The van der Waals surface area contributed by atoms with Gasteiger partial charge in [-0.15, -0.1) is 0 Å². The molecule has 0 spiro atoms. The van der Waals surface area contributed by atoms with E-state index in [0.29, 0.717) is 16.9 Å². The number of para-hydroxylation sites is 1. The van der Waals surface area contributed by atoms with E-state index in [9.17, 15) is 9.18 Å². The molecule has 1 aromatic heterocycles. The number of aromatic amines is 1. The van der Waals surface area contributed by atoms with Crippen LogP contribution >= 0.6 is 0 Å². The van der Waals surface area contributed by atoms with E-state index in [-0.39, 0.29) is 11.7 Å². The van der Waals surface area contributed by atoms with E-state index in [0.717, 1.165) is 10.9 Å². The normalized spacial score (nSPS) is 10.7. The highest BCUT2D eigenvalue weighted by Gasteiger charge is 2.14. The van der Waals surface area contributed by atoms with Gasteiger partial charge in [-0.2, -0.15) is 5.10 Å². The Hall–Kier alpha value is -2.69. The summed E-state index contributed by atoms with van der Waals surface area (Å²) in [6.07, 6.45) is 0. The van der Waals surface area contributed by atoms with Gasteiger partial charge in [0.2, 0.25) is 0 Å². The maximum Gasteiger partial charge on any atom is 0.276 e. The van der Waals surface area contributed by atoms with Crippen LogP contribution in [0.4, 0.5) is 10.1 Å². The van der Waals surface area contributed by atoms with Crippen LogP contribution in [0.25, 0.3) is 10.9 Å². The molecular weight excluding hydrogens is 257 g/mol. The molecular formula is C15H12FN3O. The Bertz CT molecular complexity index is 795. The van der Waals surface area contributed by atoms with Gasteiger partial charge in [0.25, 0.3) is 5.91 Å². The number of carbonyl (C=O) groups excluding carboxylic acids is 1. The summed E-state index contributed by atoms with van der Waals surface area (Å²) < 4.78 is 13.5. The number of nitrogens with zero attached hydrogens (tertiary/aromatic N) is 1. The highest BCUT2D eigenvalue weighted by Crippen LogP contribution is 2.18. The lowest BCUT2D eigenvalue weighted by atomic mass is 10.2. The molecule has 3 aromatic rings. The second-order valence-electron chi connectivity index (χ2n) is 4.54. The molecule has 0 aliphatic carbocycles. The maximum atomic E-state index is 13.5.